The van der Waals surface area contributed by atoms with Gasteiger partial charge in [-0.2, -0.15) is 10.1 Å². The molecular formula is C25H38N8O2. The minimum absolute atomic E-state index is 0.214. The zero-order valence-corrected chi connectivity index (χ0v) is 21.4. The third kappa shape index (κ3) is 5.69. The first-order valence-electron chi connectivity index (χ1n) is 12.9. The topological polar surface area (TPSA) is 100 Å². The highest BCUT2D eigenvalue weighted by molar-refractivity contribution is 5.69. The average molecular weight is 483 g/mol. The zero-order valence-electron chi connectivity index (χ0n) is 21.4. The Kier molecular flexibility index (Phi) is 6.57. The fourth-order valence-corrected chi connectivity index (χ4v) is 4.85. The van der Waals surface area contributed by atoms with E-state index in [1.165, 1.54) is 18.4 Å². The van der Waals surface area contributed by atoms with Gasteiger partial charge in [-0.3, -0.25) is 4.68 Å². The highest BCUT2D eigenvalue weighted by Gasteiger charge is 2.32. The summed E-state index contributed by atoms with van der Waals surface area (Å²) in [5.74, 6) is 1.99. The molecule has 35 heavy (non-hydrogen) atoms. The van der Waals surface area contributed by atoms with Gasteiger partial charge >= 0.3 is 6.09 Å². The first-order chi connectivity index (χ1) is 16.8. The van der Waals surface area contributed by atoms with Gasteiger partial charge in [0.05, 0.1) is 17.4 Å². The van der Waals surface area contributed by atoms with E-state index < -0.39 is 0 Å². The van der Waals surface area contributed by atoms with E-state index >= 15 is 0 Å². The van der Waals surface area contributed by atoms with E-state index in [0.29, 0.717) is 24.5 Å². The van der Waals surface area contributed by atoms with Gasteiger partial charge in [0.15, 0.2) is 0 Å². The molecular weight excluding hydrogens is 444 g/mol. The largest absolute Gasteiger partial charge is 0.443 e. The summed E-state index contributed by atoms with van der Waals surface area (Å²) in [5, 5.41) is 11.6. The van der Waals surface area contributed by atoms with Gasteiger partial charge in [0, 0.05) is 50.6 Å². The molecule has 2 N–H and O–H groups in total. The van der Waals surface area contributed by atoms with Crippen molar-refractivity contribution >= 4 is 23.5 Å². The van der Waals surface area contributed by atoms with E-state index in [4.69, 9.17) is 14.8 Å². The number of likely N-dealkylation sites (tertiary alicyclic amines) is 1. The highest BCUT2D eigenvalue weighted by atomic mass is 16.6. The Hall–Kier alpha value is -2.88. The molecule has 1 atom stereocenters. The lowest BCUT2D eigenvalue weighted by Gasteiger charge is -2.36. The van der Waals surface area contributed by atoms with Crippen molar-refractivity contribution in [2.75, 3.05) is 50.4 Å². The Labute approximate surface area is 207 Å². The number of anilines is 3. The number of aryl methyl sites for hydroxylation is 1. The first kappa shape index (κ1) is 23.8. The Morgan fingerprint density at radius 2 is 2.06 bits per heavy atom. The second-order valence-electron chi connectivity index (χ2n) is 10.9. The van der Waals surface area contributed by atoms with Crippen LogP contribution in [-0.2, 0) is 4.74 Å². The minimum atomic E-state index is -0.363. The maximum absolute atomic E-state index is 12.2. The van der Waals surface area contributed by atoms with Gasteiger partial charge in [0.1, 0.15) is 11.4 Å². The molecule has 1 aliphatic carbocycles. The molecule has 3 aliphatic rings. The van der Waals surface area contributed by atoms with Crippen LogP contribution in [0.15, 0.2) is 12.4 Å². The van der Waals surface area contributed by atoms with Crippen LogP contribution in [0.3, 0.4) is 0 Å². The van der Waals surface area contributed by atoms with Crippen LogP contribution in [0.5, 0.6) is 0 Å². The lowest BCUT2D eigenvalue weighted by Crippen LogP contribution is -2.47. The molecule has 2 aliphatic heterocycles. The second-order valence-corrected chi connectivity index (χ2v) is 10.9. The summed E-state index contributed by atoms with van der Waals surface area (Å²) in [4.78, 5) is 25.8. The number of hydrogen-bond donors (Lipinski definition) is 2. The third-order valence-corrected chi connectivity index (χ3v) is 7.24. The molecule has 10 nitrogen and oxygen atoms in total. The summed E-state index contributed by atoms with van der Waals surface area (Å²) < 4.78 is 7.59. The molecule has 0 radical (unpaired) electrons. The van der Waals surface area contributed by atoms with Gasteiger partial charge in [-0.1, -0.05) is 0 Å². The summed E-state index contributed by atoms with van der Waals surface area (Å²) in [6.45, 7) is 10.2. The number of rotatable bonds is 9. The van der Waals surface area contributed by atoms with E-state index in [1.54, 1.807) is 4.90 Å². The van der Waals surface area contributed by atoms with Crippen molar-refractivity contribution in [3.05, 3.63) is 23.7 Å². The molecule has 2 saturated heterocycles. The van der Waals surface area contributed by atoms with Gasteiger partial charge in [-0.05, 0) is 66.0 Å². The molecule has 2 aromatic heterocycles. The molecule has 4 heterocycles. The molecule has 1 saturated carbocycles. The number of nitrogens with one attached hydrogen (secondary N) is 2. The van der Waals surface area contributed by atoms with Crippen LogP contribution in [-0.4, -0.2) is 81.0 Å². The standard InChI is InChI=1S/C25H38N8O2/c1-17-21(16-33(30-17)19-8-12-31(4)15-19)28-23-27-14-20(18-6-7-18)22(29-23)26-10-5-11-32-13-9-25(2,3)35-24(32)34/h14,16,18-19H,5-13,15H2,1-4H3,(H2,26,27,28,29). The van der Waals surface area contributed by atoms with E-state index in [0.717, 1.165) is 62.6 Å². The monoisotopic (exact) mass is 482 g/mol. The van der Waals surface area contributed by atoms with Crippen molar-refractivity contribution in [2.45, 2.75) is 70.4 Å². The summed E-state index contributed by atoms with van der Waals surface area (Å²) >= 11 is 0. The quantitative estimate of drug-likeness (QED) is 0.519. The first-order valence-corrected chi connectivity index (χ1v) is 12.9. The average Bonchev–Trinajstić information content (AvgIpc) is 3.45. The summed E-state index contributed by atoms with van der Waals surface area (Å²) in [6, 6.07) is 0.410. The molecule has 0 bridgehead atoms. The van der Waals surface area contributed by atoms with Crippen molar-refractivity contribution in [1.29, 1.82) is 0 Å². The van der Waals surface area contributed by atoms with Crippen LogP contribution in [0, 0.1) is 6.92 Å². The van der Waals surface area contributed by atoms with Gasteiger partial charge in [0.25, 0.3) is 0 Å². The lowest BCUT2D eigenvalue weighted by molar-refractivity contribution is -0.0253. The van der Waals surface area contributed by atoms with Crippen molar-refractivity contribution in [3.8, 4) is 0 Å². The molecule has 1 unspecified atom stereocenters. The number of carbonyl (C=O) groups is 1. The van der Waals surface area contributed by atoms with Crippen LogP contribution in [0.2, 0.25) is 0 Å². The predicted octanol–water partition coefficient (Wildman–Crippen LogP) is 3.90. The Balaban J connectivity index is 1.20. The Morgan fingerprint density at radius 3 is 2.77 bits per heavy atom. The van der Waals surface area contributed by atoms with Crippen molar-refractivity contribution < 1.29 is 9.53 Å². The van der Waals surface area contributed by atoms with E-state index in [2.05, 4.69) is 38.4 Å². The summed E-state index contributed by atoms with van der Waals surface area (Å²) in [6.07, 6.45) is 8.97. The summed E-state index contributed by atoms with van der Waals surface area (Å²) in [5.41, 5.74) is 2.70. The molecule has 0 aromatic carbocycles. The fourth-order valence-electron chi connectivity index (χ4n) is 4.85. The maximum atomic E-state index is 12.2. The van der Waals surface area contributed by atoms with Crippen LogP contribution in [0.25, 0.3) is 0 Å². The molecule has 3 fully saturated rings. The van der Waals surface area contributed by atoms with E-state index in [1.807, 2.05) is 27.0 Å². The predicted molar refractivity (Wildman–Crippen MR) is 135 cm³/mol. The van der Waals surface area contributed by atoms with Gasteiger partial charge < -0.3 is 25.2 Å². The van der Waals surface area contributed by atoms with Gasteiger partial charge in [0.2, 0.25) is 5.95 Å². The number of hydrogen-bond acceptors (Lipinski definition) is 8. The van der Waals surface area contributed by atoms with Crippen LogP contribution >= 0.6 is 0 Å². The van der Waals surface area contributed by atoms with E-state index in [-0.39, 0.29) is 11.7 Å². The fraction of sp³-hybridized carbons (Fsp3) is 0.680. The summed E-state index contributed by atoms with van der Waals surface area (Å²) in [7, 11) is 2.15. The molecule has 5 rings (SSSR count). The van der Waals surface area contributed by atoms with Crippen molar-refractivity contribution in [3.63, 3.8) is 0 Å². The molecule has 190 valence electrons. The zero-order chi connectivity index (χ0) is 24.6. The smallest absolute Gasteiger partial charge is 0.410 e. The highest BCUT2D eigenvalue weighted by Crippen LogP contribution is 2.43. The lowest BCUT2D eigenvalue weighted by atomic mass is 10.0. The number of carbonyl (C=O) groups excluding carboxylic acids is 1. The van der Waals surface area contributed by atoms with Crippen LogP contribution < -0.4 is 10.6 Å². The number of aromatic nitrogens is 4. The van der Waals surface area contributed by atoms with Gasteiger partial charge in [-0.25, -0.2) is 9.78 Å². The third-order valence-electron chi connectivity index (χ3n) is 7.24. The molecule has 2 aromatic rings. The molecule has 1 amide bonds. The number of nitrogens with zero attached hydrogens (tertiary/aromatic N) is 6. The number of amides is 1. The Bertz CT molecular complexity index is 1060. The van der Waals surface area contributed by atoms with Crippen molar-refractivity contribution in [1.82, 2.24) is 29.5 Å². The normalized spacial score (nSPS) is 22.3. The van der Waals surface area contributed by atoms with Crippen molar-refractivity contribution in [2.24, 2.45) is 0 Å². The number of ether oxygens (including phenoxy) is 1. The van der Waals surface area contributed by atoms with Gasteiger partial charge in [-0.15, -0.1) is 0 Å². The van der Waals surface area contributed by atoms with Crippen LogP contribution in [0.4, 0.5) is 22.2 Å². The van der Waals surface area contributed by atoms with Crippen LogP contribution in [0.1, 0.15) is 69.2 Å². The second kappa shape index (κ2) is 9.64. The van der Waals surface area contributed by atoms with E-state index in [9.17, 15) is 4.79 Å². The SMILES string of the molecule is Cc1nn(C2CCN(C)C2)cc1Nc1ncc(C2CC2)c(NCCCN2CCC(C)(C)OC2=O)n1. The molecule has 10 heteroatoms. The number of likely N-dealkylation sites (N-methyl/N-ethyl adjacent to an activating group) is 1. The number of cyclic esters (lactones) is 1. The molecule has 0 spiro atoms. The minimum Gasteiger partial charge on any atom is -0.443 e. The Morgan fingerprint density at radius 1 is 1.23 bits per heavy atom. The maximum Gasteiger partial charge on any atom is 0.410 e.